The first kappa shape index (κ1) is 15.1. The van der Waals surface area contributed by atoms with E-state index in [1.165, 1.54) is 3.57 Å². The van der Waals surface area contributed by atoms with Crippen molar-refractivity contribution in [1.82, 2.24) is 9.97 Å². The van der Waals surface area contributed by atoms with Crippen molar-refractivity contribution in [2.75, 3.05) is 0 Å². The standard InChI is InChI=1S/C21H15IN2/c22-18-13-7-12-17(14-18)21-23-19(15-8-3-1-4-9-15)20(24-21)16-10-5-2-6-11-16/h1-14H,(H,23,24). The second-order valence-corrected chi connectivity index (χ2v) is 6.80. The molecule has 3 heteroatoms. The summed E-state index contributed by atoms with van der Waals surface area (Å²) >= 11 is 2.33. The predicted molar refractivity (Wildman–Crippen MR) is 108 cm³/mol. The first-order chi connectivity index (χ1) is 11.8. The summed E-state index contributed by atoms with van der Waals surface area (Å²) in [5, 5.41) is 0. The monoisotopic (exact) mass is 422 g/mol. The molecule has 0 spiro atoms. The van der Waals surface area contributed by atoms with E-state index in [9.17, 15) is 0 Å². The Morgan fingerprint density at radius 1 is 0.667 bits per heavy atom. The highest BCUT2D eigenvalue weighted by Crippen LogP contribution is 2.33. The first-order valence-electron chi connectivity index (χ1n) is 7.78. The highest BCUT2D eigenvalue weighted by molar-refractivity contribution is 14.1. The predicted octanol–water partition coefficient (Wildman–Crippen LogP) is 6.02. The van der Waals surface area contributed by atoms with Crippen LogP contribution in [0.5, 0.6) is 0 Å². The molecule has 3 aromatic carbocycles. The van der Waals surface area contributed by atoms with Gasteiger partial charge in [-0.25, -0.2) is 4.98 Å². The third-order valence-electron chi connectivity index (χ3n) is 3.91. The maximum atomic E-state index is 4.91. The molecule has 116 valence electrons. The fraction of sp³-hybridized carbons (Fsp3) is 0. The number of aromatic nitrogens is 2. The lowest BCUT2D eigenvalue weighted by molar-refractivity contribution is 1.31. The molecular formula is C21H15IN2. The molecular weight excluding hydrogens is 407 g/mol. The second kappa shape index (κ2) is 6.61. The maximum Gasteiger partial charge on any atom is 0.138 e. The third kappa shape index (κ3) is 2.99. The Bertz CT molecular complexity index is 903. The molecule has 1 heterocycles. The molecule has 1 N–H and O–H groups in total. The quantitative estimate of drug-likeness (QED) is 0.402. The van der Waals surface area contributed by atoms with Crippen LogP contribution in [-0.4, -0.2) is 9.97 Å². The fourth-order valence-electron chi connectivity index (χ4n) is 2.76. The number of halogens is 1. The van der Waals surface area contributed by atoms with Crippen molar-refractivity contribution >= 4 is 22.6 Å². The van der Waals surface area contributed by atoms with E-state index in [4.69, 9.17) is 4.98 Å². The Hall–Kier alpha value is -2.40. The Morgan fingerprint density at radius 2 is 1.29 bits per heavy atom. The zero-order chi connectivity index (χ0) is 16.4. The number of imidazole rings is 1. The van der Waals surface area contributed by atoms with Crippen LogP contribution in [0, 0.1) is 3.57 Å². The van der Waals surface area contributed by atoms with Gasteiger partial charge in [-0.15, -0.1) is 0 Å². The van der Waals surface area contributed by atoms with Crippen LogP contribution in [0.2, 0.25) is 0 Å². The molecule has 0 fully saturated rings. The zero-order valence-electron chi connectivity index (χ0n) is 12.9. The van der Waals surface area contributed by atoms with Crippen molar-refractivity contribution in [2.45, 2.75) is 0 Å². The van der Waals surface area contributed by atoms with Crippen LogP contribution in [0.15, 0.2) is 84.9 Å². The molecule has 0 saturated heterocycles. The summed E-state index contributed by atoms with van der Waals surface area (Å²) in [6.45, 7) is 0. The van der Waals surface area contributed by atoms with E-state index in [1.807, 2.05) is 24.3 Å². The molecule has 0 atom stereocenters. The first-order valence-corrected chi connectivity index (χ1v) is 8.86. The molecule has 24 heavy (non-hydrogen) atoms. The molecule has 0 aliphatic heterocycles. The number of nitrogens with one attached hydrogen (secondary N) is 1. The van der Waals surface area contributed by atoms with E-state index in [1.54, 1.807) is 0 Å². The van der Waals surface area contributed by atoms with Crippen LogP contribution in [0.3, 0.4) is 0 Å². The molecule has 1 aromatic heterocycles. The fourth-order valence-corrected chi connectivity index (χ4v) is 3.31. The molecule has 4 aromatic rings. The highest BCUT2D eigenvalue weighted by Gasteiger charge is 2.14. The summed E-state index contributed by atoms with van der Waals surface area (Å²) in [5.74, 6) is 0.895. The van der Waals surface area contributed by atoms with E-state index < -0.39 is 0 Å². The largest absolute Gasteiger partial charge is 0.337 e. The lowest BCUT2D eigenvalue weighted by Crippen LogP contribution is -1.82. The van der Waals surface area contributed by atoms with E-state index in [2.05, 4.69) is 88.2 Å². The summed E-state index contributed by atoms with van der Waals surface area (Å²) in [6.07, 6.45) is 0. The molecule has 2 nitrogen and oxygen atoms in total. The van der Waals surface area contributed by atoms with Crippen molar-refractivity contribution in [3.8, 4) is 33.9 Å². The van der Waals surface area contributed by atoms with E-state index >= 15 is 0 Å². The van der Waals surface area contributed by atoms with Crippen LogP contribution in [-0.2, 0) is 0 Å². The Kier molecular flexibility index (Phi) is 4.17. The summed E-state index contributed by atoms with van der Waals surface area (Å²) < 4.78 is 1.20. The average molecular weight is 422 g/mol. The van der Waals surface area contributed by atoms with Gasteiger partial charge in [-0.2, -0.15) is 0 Å². The number of hydrogen-bond acceptors (Lipinski definition) is 1. The minimum absolute atomic E-state index is 0.895. The van der Waals surface area contributed by atoms with Gasteiger partial charge in [-0.1, -0.05) is 72.8 Å². The van der Waals surface area contributed by atoms with Gasteiger partial charge in [0, 0.05) is 20.3 Å². The SMILES string of the molecule is Ic1cccc(-c2nc(-c3ccccc3)c(-c3ccccc3)[nH]2)c1. The van der Waals surface area contributed by atoms with Crippen molar-refractivity contribution in [3.05, 3.63) is 88.5 Å². The molecule has 0 aliphatic rings. The Morgan fingerprint density at radius 3 is 1.96 bits per heavy atom. The number of H-pyrrole nitrogens is 1. The third-order valence-corrected chi connectivity index (χ3v) is 4.58. The Labute approximate surface area is 154 Å². The number of nitrogens with zero attached hydrogens (tertiary/aromatic N) is 1. The van der Waals surface area contributed by atoms with Gasteiger partial charge in [-0.05, 0) is 34.7 Å². The van der Waals surface area contributed by atoms with Crippen LogP contribution >= 0.6 is 22.6 Å². The molecule has 0 bridgehead atoms. The molecule has 0 unspecified atom stereocenters. The number of benzene rings is 3. The Balaban J connectivity index is 1.91. The van der Waals surface area contributed by atoms with Crippen molar-refractivity contribution in [1.29, 1.82) is 0 Å². The average Bonchev–Trinajstić information content (AvgIpc) is 3.09. The van der Waals surface area contributed by atoms with Gasteiger partial charge < -0.3 is 4.98 Å². The maximum absolute atomic E-state index is 4.91. The smallest absolute Gasteiger partial charge is 0.138 e. The second-order valence-electron chi connectivity index (χ2n) is 5.55. The van der Waals surface area contributed by atoms with Crippen molar-refractivity contribution in [2.24, 2.45) is 0 Å². The molecule has 4 rings (SSSR count). The van der Waals surface area contributed by atoms with Gasteiger partial charge >= 0.3 is 0 Å². The summed E-state index contributed by atoms with van der Waals surface area (Å²) in [6, 6.07) is 29.0. The van der Waals surface area contributed by atoms with Crippen molar-refractivity contribution in [3.63, 3.8) is 0 Å². The molecule has 0 amide bonds. The van der Waals surface area contributed by atoms with Crippen molar-refractivity contribution < 1.29 is 0 Å². The number of aromatic amines is 1. The van der Waals surface area contributed by atoms with Crippen LogP contribution in [0.4, 0.5) is 0 Å². The summed E-state index contributed by atoms with van der Waals surface area (Å²) in [7, 11) is 0. The van der Waals surface area contributed by atoms with Gasteiger partial charge in [0.2, 0.25) is 0 Å². The topological polar surface area (TPSA) is 28.7 Å². The van der Waals surface area contributed by atoms with Gasteiger partial charge in [-0.3, -0.25) is 0 Å². The van der Waals surface area contributed by atoms with Crippen LogP contribution in [0.25, 0.3) is 33.9 Å². The minimum atomic E-state index is 0.895. The molecule has 0 aliphatic carbocycles. The lowest BCUT2D eigenvalue weighted by atomic mass is 10.1. The summed E-state index contributed by atoms with van der Waals surface area (Å²) in [5.41, 5.74) is 5.39. The zero-order valence-corrected chi connectivity index (χ0v) is 15.1. The molecule has 0 saturated carbocycles. The van der Waals surface area contributed by atoms with Gasteiger partial charge in [0.05, 0.1) is 11.4 Å². The van der Waals surface area contributed by atoms with Crippen LogP contribution < -0.4 is 0 Å². The van der Waals surface area contributed by atoms with Gasteiger partial charge in [0.15, 0.2) is 0 Å². The number of hydrogen-bond donors (Lipinski definition) is 1. The summed E-state index contributed by atoms with van der Waals surface area (Å²) in [4.78, 5) is 8.43. The van der Waals surface area contributed by atoms with Crippen LogP contribution in [0.1, 0.15) is 0 Å². The van der Waals surface area contributed by atoms with Gasteiger partial charge in [0.1, 0.15) is 5.82 Å². The lowest BCUT2D eigenvalue weighted by Gasteiger charge is -2.02. The molecule has 0 radical (unpaired) electrons. The minimum Gasteiger partial charge on any atom is -0.337 e. The van der Waals surface area contributed by atoms with E-state index in [-0.39, 0.29) is 0 Å². The normalized spacial score (nSPS) is 10.7. The number of rotatable bonds is 3. The van der Waals surface area contributed by atoms with E-state index in [0.717, 1.165) is 33.9 Å². The van der Waals surface area contributed by atoms with Gasteiger partial charge in [0.25, 0.3) is 0 Å². The van der Waals surface area contributed by atoms with E-state index in [0.29, 0.717) is 0 Å². The highest BCUT2D eigenvalue weighted by atomic mass is 127.